The van der Waals surface area contributed by atoms with Gasteiger partial charge in [0.25, 0.3) is 11.5 Å². The fraction of sp³-hybridized carbons (Fsp3) is 0.350. The van der Waals surface area contributed by atoms with Crippen molar-refractivity contribution in [3.05, 3.63) is 49.8 Å². The number of carboxylic acids is 1. The minimum absolute atomic E-state index is 0.0655. The Balaban J connectivity index is 1.73. The molecule has 0 saturated carbocycles. The van der Waals surface area contributed by atoms with E-state index in [2.05, 4.69) is 25.3 Å². The summed E-state index contributed by atoms with van der Waals surface area (Å²) < 4.78 is 0. The molecule has 1 amide bonds. The molecule has 12 heteroatoms. The van der Waals surface area contributed by atoms with Gasteiger partial charge in [-0.2, -0.15) is 0 Å². The van der Waals surface area contributed by atoms with Gasteiger partial charge in [-0.15, -0.1) is 11.3 Å². The van der Waals surface area contributed by atoms with Crippen LogP contribution in [0.2, 0.25) is 0 Å². The number of fused-ring (bicyclic) bond motifs is 1. The first-order valence-electron chi connectivity index (χ1n) is 9.94. The summed E-state index contributed by atoms with van der Waals surface area (Å²) in [6.45, 7) is 3.92. The zero-order chi connectivity index (χ0) is 23.4. The number of rotatable bonds is 9. The molecular weight excluding hydrogens is 434 g/mol. The summed E-state index contributed by atoms with van der Waals surface area (Å²) in [5, 5.41) is 12.4. The Hall–Kier alpha value is -3.67. The van der Waals surface area contributed by atoms with E-state index in [0.717, 1.165) is 10.4 Å². The summed E-state index contributed by atoms with van der Waals surface area (Å²) in [6, 6.07) is 2.39. The van der Waals surface area contributed by atoms with Crippen LogP contribution in [0.3, 0.4) is 0 Å². The molecule has 0 fully saturated rings. The second-order valence-electron chi connectivity index (χ2n) is 7.36. The van der Waals surface area contributed by atoms with E-state index in [1.165, 1.54) is 11.3 Å². The lowest BCUT2D eigenvalue weighted by Gasteiger charge is -2.13. The summed E-state index contributed by atoms with van der Waals surface area (Å²) in [4.78, 5) is 51.6. The number of aromatic nitrogens is 3. The van der Waals surface area contributed by atoms with Crippen molar-refractivity contribution in [3.8, 4) is 0 Å². The Morgan fingerprint density at radius 3 is 2.78 bits per heavy atom. The minimum atomic E-state index is -1.13. The van der Waals surface area contributed by atoms with Gasteiger partial charge in [0.1, 0.15) is 17.5 Å². The highest BCUT2D eigenvalue weighted by Gasteiger charge is 2.23. The molecule has 0 aliphatic rings. The van der Waals surface area contributed by atoms with Crippen LogP contribution >= 0.6 is 11.3 Å². The predicted octanol–water partition coefficient (Wildman–Crippen LogP) is 1.01. The highest BCUT2D eigenvalue weighted by molar-refractivity contribution is 7.14. The molecule has 3 heterocycles. The van der Waals surface area contributed by atoms with Crippen molar-refractivity contribution in [1.29, 1.82) is 0 Å². The summed E-state index contributed by atoms with van der Waals surface area (Å²) in [7, 11) is 0. The van der Waals surface area contributed by atoms with E-state index in [-0.39, 0.29) is 30.4 Å². The molecule has 8 N–H and O–H groups in total. The van der Waals surface area contributed by atoms with Crippen LogP contribution in [0.25, 0.3) is 11.0 Å². The molecule has 0 aromatic carbocycles. The lowest BCUT2D eigenvalue weighted by Crippen LogP contribution is -2.40. The first-order chi connectivity index (χ1) is 15.2. The number of carbonyl (C=O) groups is 2. The van der Waals surface area contributed by atoms with Gasteiger partial charge in [0.05, 0.1) is 10.3 Å². The first-order valence-corrected chi connectivity index (χ1v) is 10.8. The lowest BCUT2D eigenvalue weighted by molar-refractivity contribution is -0.139. The van der Waals surface area contributed by atoms with Crippen LogP contribution in [0.1, 0.15) is 51.6 Å². The molecule has 11 nitrogen and oxygen atoms in total. The normalized spacial score (nSPS) is 12.9. The van der Waals surface area contributed by atoms with Gasteiger partial charge in [0.15, 0.2) is 5.96 Å². The fourth-order valence-electron chi connectivity index (χ4n) is 3.37. The topological polar surface area (TPSA) is 192 Å². The highest BCUT2D eigenvalue weighted by Crippen LogP contribution is 2.32. The van der Waals surface area contributed by atoms with Crippen molar-refractivity contribution < 1.29 is 14.7 Å². The summed E-state index contributed by atoms with van der Waals surface area (Å²) in [5.74, 6) is -1.32. The molecule has 1 unspecified atom stereocenters. The molecule has 0 aliphatic carbocycles. The number of thiophene rings is 1. The van der Waals surface area contributed by atoms with E-state index in [0.29, 0.717) is 28.2 Å². The van der Waals surface area contributed by atoms with Crippen molar-refractivity contribution in [2.24, 2.45) is 16.5 Å². The second kappa shape index (κ2) is 9.64. The number of aliphatic imine (C=N–C) groups is 1. The van der Waals surface area contributed by atoms with Crippen molar-refractivity contribution in [1.82, 2.24) is 20.3 Å². The molecule has 3 aromatic heterocycles. The SMILES string of the molecule is Cc1nc2[nH]cc(C(C)c3ccc(C(=O)N[C@@H](CCCN=C(N)N)C(=O)O)s3)c2c(=O)[nH]1. The maximum absolute atomic E-state index is 12.6. The average Bonchev–Trinajstić information content (AvgIpc) is 3.36. The van der Waals surface area contributed by atoms with Crippen molar-refractivity contribution >= 4 is 40.2 Å². The number of hydrogen-bond acceptors (Lipinski definition) is 6. The van der Waals surface area contributed by atoms with E-state index in [4.69, 9.17) is 11.5 Å². The van der Waals surface area contributed by atoms with Crippen LogP contribution in [0.5, 0.6) is 0 Å². The maximum atomic E-state index is 12.6. The molecule has 2 atom stereocenters. The number of carbonyl (C=O) groups excluding carboxylic acids is 1. The molecule has 0 saturated heterocycles. The van der Waals surface area contributed by atoms with Crippen LogP contribution < -0.4 is 22.3 Å². The summed E-state index contributed by atoms with van der Waals surface area (Å²) in [5.41, 5.74) is 11.6. The van der Waals surface area contributed by atoms with Crippen LogP contribution in [0.15, 0.2) is 28.1 Å². The standard InChI is InChI=1S/C20H25N7O4S/c1-9(11-8-24-16-15(11)18(29)26-10(2)25-16)13-5-6-14(32-13)17(28)27-12(19(30)31)4-3-7-23-20(21)22/h5-6,8-9,12H,3-4,7H2,1-2H3,(H,27,28)(H,30,31)(H4,21,22,23)(H2,24,25,26,29)/t9?,12-/m0/s1. The van der Waals surface area contributed by atoms with Crippen LogP contribution in [-0.2, 0) is 4.79 Å². The van der Waals surface area contributed by atoms with E-state index in [1.807, 2.05) is 6.92 Å². The quantitative estimate of drug-likeness (QED) is 0.156. The molecule has 0 aliphatic heterocycles. The van der Waals surface area contributed by atoms with Crippen molar-refractivity contribution in [3.63, 3.8) is 0 Å². The smallest absolute Gasteiger partial charge is 0.326 e. The predicted molar refractivity (Wildman–Crippen MR) is 122 cm³/mol. The third kappa shape index (κ3) is 5.14. The van der Waals surface area contributed by atoms with Crippen molar-refractivity contribution in [2.75, 3.05) is 6.54 Å². The number of aryl methyl sites for hydroxylation is 1. The average molecular weight is 460 g/mol. The number of aromatic amines is 2. The van der Waals surface area contributed by atoms with Gasteiger partial charge in [-0.25, -0.2) is 9.78 Å². The Bertz CT molecular complexity index is 1220. The van der Waals surface area contributed by atoms with Gasteiger partial charge in [-0.3, -0.25) is 14.6 Å². The van der Waals surface area contributed by atoms with Crippen LogP contribution in [0, 0.1) is 6.92 Å². The van der Waals surface area contributed by atoms with E-state index in [9.17, 15) is 19.5 Å². The number of carboxylic acid groups (broad SMARTS) is 1. The first kappa shape index (κ1) is 23.0. The number of H-pyrrole nitrogens is 2. The molecule has 32 heavy (non-hydrogen) atoms. The molecule has 0 bridgehead atoms. The number of nitrogens with two attached hydrogens (primary N) is 2. The zero-order valence-electron chi connectivity index (χ0n) is 17.6. The van der Waals surface area contributed by atoms with Gasteiger partial charge in [0.2, 0.25) is 0 Å². The number of nitrogens with zero attached hydrogens (tertiary/aromatic N) is 2. The molecule has 0 radical (unpaired) electrons. The van der Waals surface area contributed by atoms with E-state index < -0.39 is 17.9 Å². The number of aliphatic carboxylic acids is 1. The molecule has 0 spiro atoms. The molecule has 3 rings (SSSR count). The zero-order valence-corrected chi connectivity index (χ0v) is 18.5. The fourth-order valence-corrected chi connectivity index (χ4v) is 4.35. The largest absolute Gasteiger partial charge is 0.480 e. The Morgan fingerprint density at radius 2 is 2.09 bits per heavy atom. The molecule has 3 aromatic rings. The number of guanidine groups is 1. The lowest BCUT2D eigenvalue weighted by atomic mass is 10.0. The Morgan fingerprint density at radius 1 is 1.34 bits per heavy atom. The van der Waals surface area contributed by atoms with Crippen LogP contribution in [-0.4, -0.2) is 50.5 Å². The summed E-state index contributed by atoms with van der Waals surface area (Å²) >= 11 is 1.24. The number of amides is 1. The monoisotopic (exact) mass is 459 g/mol. The van der Waals surface area contributed by atoms with Gasteiger partial charge in [-0.05, 0) is 37.5 Å². The highest BCUT2D eigenvalue weighted by atomic mass is 32.1. The Kier molecular flexibility index (Phi) is 6.93. The van der Waals surface area contributed by atoms with Crippen LogP contribution in [0.4, 0.5) is 0 Å². The third-order valence-corrected chi connectivity index (χ3v) is 6.25. The van der Waals surface area contributed by atoms with E-state index >= 15 is 0 Å². The number of hydrogen-bond donors (Lipinski definition) is 6. The van der Waals surface area contributed by atoms with Crippen molar-refractivity contribution in [2.45, 2.75) is 38.6 Å². The Labute approximate surface area is 187 Å². The minimum Gasteiger partial charge on any atom is -0.480 e. The van der Waals surface area contributed by atoms with E-state index in [1.54, 1.807) is 25.3 Å². The molecule has 170 valence electrons. The van der Waals surface area contributed by atoms with Gasteiger partial charge < -0.3 is 31.9 Å². The third-order valence-electron chi connectivity index (χ3n) is 4.98. The molecular formula is C20H25N7O4S. The van der Waals surface area contributed by atoms with Gasteiger partial charge in [-0.1, -0.05) is 6.92 Å². The van der Waals surface area contributed by atoms with Gasteiger partial charge >= 0.3 is 5.97 Å². The summed E-state index contributed by atoms with van der Waals surface area (Å²) in [6.07, 6.45) is 2.34. The second-order valence-corrected chi connectivity index (χ2v) is 8.47. The number of nitrogens with one attached hydrogen (secondary N) is 3. The van der Waals surface area contributed by atoms with Gasteiger partial charge in [0, 0.05) is 23.5 Å². The maximum Gasteiger partial charge on any atom is 0.326 e.